The quantitative estimate of drug-likeness (QED) is 0.418. The number of carbonyl (C=O) groups excluding carboxylic acids is 2. The number of halogens is 1. The number of piperazine rings is 1. The van der Waals surface area contributed by atoms with Crippen molar-refractivity contribution >= 4 is 36.1 Å². The molecule has 4 fully saturated rings. The molecule has 3 N–H and O–H groups in total. The predicted octanol–water partition coefficient (Wildman–Crippen LogP) is 2.97. The Kier molecular flexibility index (Phi) is 8.38. The molecule has 2 aromatic carbocycles. The smallest absolute Gasteiger partial charge is 0.324 e. The molecule has 220 valence electrons. The Hall–Kier alpha value is -2.50. The number of methoxy groups -OCH3 is 1. The SMILES string of the molecule is COc1cccc2c1C1CN(CCCCN3C(=O)NC4C(SC5NCC(c6ccccc6)NC54)C3=O)CC1CO2.Cl. The minimum absolute atomic E-state index is 0. The molecule has 0 aliphatic carbocycles. The van der Waals surface area contributed by atoms with Crippen LogP contribution in [0.1, 0.15) is 35.9 Å². The number of rotatable bonds is 7. The number of nitrogens with zero attached hydrogens (tertiary/aromatic N) is 2. The lowest BCUT2D eigenvalue weighted by Gasteiger charge is -2.39. The fraction of sp³-hybridized carbons (Fsp3) is 0.533. The van der Waals surface area contributed by atoms with E-state index in [1.807, 2.05) is 36.4 Å². The van der Waals surface area contributed by atoms with E-state index >= 15 is 0 Å². The summed E-state index contributed by atoms with van der Waals surface area (Å²) in [6.07, 6.45) is 1.73. The zero-order valence-electron chi connectivity index (χ0n) is 23.2. The minimum Gasteiger partial charge on any atom is -0.496 e. The lowest BCUT2D eigenvalue weighted by molar-refractivity contribution is -0.129. The Balaban J connectivity index is 0.00000302. The van der Waals surface area contributed by atoms with Crippen LogP contribution in [-0.2, 0) is 4.79 Å². The average molecular weight is 600 g/mol. The number of amides is 3. The molecule has 0 bridgehead atoms. The molecule has 5 aliphatic rings. The van der Waals surface area contributed by atoms with E-state index in [0.717, 1.165) is 57.1 Å². The molecule has 7 unspecified atom stereocenters. The summed E-state index contributed by atoms with van der Waals surface area (Å²) in [5.74, 6) is 2.68. The highest BCUT2D eigenvalue weighted by Gasteiger charge is 2.54. The summed E-state index contributed by atoms with van der Waals surface area (Å²) in [4.78, 5) is 30.5. The van der Waals surface area contributed by atoms with Gasteiger partial charge in [-0.2, -0.15) is 0 Å². The van der Waals surface area contributed by atoms with Crippen molar-refractivity contribution in [3.63, 3.8) is 0 Å². The second kappa shape index (κ2) is 12.0. The number of carbonyl (C=O) groups is 2. The number of hydrogen-bond acceptors (Lipinski definition) is 8. The Morgan fingerprint density at radius 3 is 2.68 bits per heavy atom. The molecule has 5 heterocycles. The molecule has 9 nitrogen and oxygen atoms in total. The average Bonchev–Trinajstić information content (AvgIpc) is 3.58. The van der Waals surface area contributed by atoms with E-state index in [9.17, 15) is 9.59 Å². The fourth-order valence-corrected chi connectivity index (χ4v) is 8.77. The first-order valence-electron chi connectivity index (χ1n) is 14.4. The first-order valence-corrected chi connectivity index (χ1v) is 15.4. The van der Waals surface area contributed by atoms with Gasteiger partial charge in [-0.3, -0.25) is 9.69 Å². The molecule has 0 saturated carbocycles. The van der Waals surface area contributed by atoms with Crippen LogP contribution in [-0.4, -0.2) is 90.9 Å². The van der Waals surface area contributed by atoms with Gasteiger partial charge >= 0.3 is 6.03 Å². The van der Waals surface area contributed by atoms with Gasteiger partial charge in [0.15, 0.2) is 0 Å². The number of ether oxygens (including phenoxy) is 2. The standard InChI is InChI=1S/C30H37N5O4S.ClH/c1-38-22-10-7-11-23-24(22)20-16-34(15-19(20)17-39-23)12-5-6-13-35-29(36)27-25(33-30(35)37)26-28(40-27)31-14-21(32-26)18-8-3-2-4-9-18;/h2-4,7-11,19-21,25-28,31-32H,5-6,12-17H2,1H3,(H,33,37);1H. The number of urea groups is 1. The van der Waals surface area contributed by atoms with Crippen molar-refractivity contribution in [1.82, 2.24) is 25.8 Å². The normalized spacial score (nSPS) is 32.1. The van der Waals surface area contributed by atoms with Crippen molar-refractivity contribution in [2.75, 3.05) is 46.4 Å². The van der Waals surface area contributed by atoms with E-state index in [1.54, 1.807) is 18.9 Å². The molecule has 2 aromatic rings. The largest absolute Gasteiger partial charge is 0.496 e. The number of nitrogens with one attached hydrogen (secondary N) is 3. The molecule has 7 rings (SSSR count). The molecule has 5 aliphatic heterocycles. The summed E-state index contributed by atoms with van der Waals surface area (Å²) in [5.41, 5.74) is 2.41. The van der Waals surface area contributed by atoms with Gasteiger partial charge in [0.1, 0.15) is 16.7 Å². The zero-order valence-corrected chi connectivity index (χ0v) is 24.8. The van der Waals surface area contributed by atoms with Crippen molar-refractivity contribution in [2.24, 2.45) is 5.92 Å². The summed E-state index contributed by atoms with van der Waals surface area (Å²) >= 11 is 1.65. The number of imide groups is 1. The van der Waals surface area contributed by atoms with Gasteiger partial charge in [0.05, 0.1) is 31.2 Å². The van der Waals surface area contributed by atoms with Gasteiger partial charge in [-0.05, 0) is 37.1 Å². The monoisotopic (exact) mass is 599 g/mol. The third kappa shape index (κ3) is 5.29. The molecule has 0 spiro atoms. The van der Waals surface area contributed by atoms with Crippen LogP contribution >= 0.6 is 24.2 Å². The van der Waals surface area contributed by atoms with Gasteiger partial charge < -0.3 is 30.3 Å². The number of hydrogen-bond donors (Lipinski definition) is 3. The molecular formula is C30H38ClN5O4S. The van der Waals surface area contributed by atoms with Gasteiger partial charge in [-0.15, -0.1) is 24.2 Å². The maximum Gasteiger partial charge on any atom is 0.324 e. The summed E-state index contributed by atoms with van der Waals surface area (Å²) in [7, 11) is 1.72. The van der Waals surface area contributed by atoms with E-state index in [2.05, 4.69) is 33.0 Å². The molecule has 11 heteroatoms. The van der Waals surface area contributed by atoms with Crippen molar-refractivity contribution in [3.8, 4) is 11.5 Å². The number of fused-ring (bicyclic) bond motifs is 6. The summed E-state index contributed by atoms with van der Waals surface area (Å²) in [6.45, 7) is 4.92. The van der Waals surface area contributed by atoms with Gasteiger partial charge in [0, 0.05) is 49.6 Å². The van der Waals surface area contributed by atoms with Gasteiger partial charge in [-0.25, -0.2) is 4.79 Å². The fourth-order valence-electron chi connectivity index (χ4n) is 7.19. The molecule has 3 amide bonds. The van der Waals surface area contributed by atoms with Crippen molar-refractivity contribution < 1.29 is 19.1 Å². The van der Waals surface area contributed by atoms with Gasteiger partial charge in [-0.1, -0.05) is 36.4 Å². The maximum atomic E-state index is 13.5. The van der Waals surface area contributed by atoms with Crippen LogP contribution < -0.4 is 25.4 Å². The van der Waals surface area contributed by atoms with E-state index in [1.165, 1.54) is 16.0 Å². The Bertz CT molecular complexity index is 1260. The lowest BCUT2D eigenvalue weighted by atomic mass is 9.86. The van der Waals surface area contributed by atoms with Crippen LogP contribution in [0.25, 0.3) is 0 Å². The predicted molar refractivity (Wildman–Crippen MR) is 161 cm³/mol. The Labute approximate surface area is 251 Å². The molecule has 7 atom stereocenters. The maximum absolute atomic E-state index is 13.5. The first-order chi connectivity index (χ1) is 19.6. The van der Waals surface area contributed by atoms with Crippen LogP contribution in [0.3, 0.4) is 0 Å². The topological polar surface area (TPSA) is 95.2 Å². The Morgan fingerprint density at radius 1 is 1.02 bits per heavy atom. The van der Waals surface area contributed by atoms with E-state index < -0.39 is 0 Å². The van der Waals surface area contributed by atoms with E-state index in [4.69, 9.17) is 9.47 Å². The van der Waals surface area contributed by atoms with Gasteiger partial charge in [0.2, 0.25) is 5.91 Å². The first kappa shape index (κ1) is 28.6. The third-order valence-electron chi connectivity index (χ3n) is 9.19. The number of thioether (sulfide) groups is 1. The van der Waals surface area contributed by atoms with Crippen molar-refractivity contribution in [1.29, 1.82) is 0 Å². The molecule has 0 radical (unpaired) electrons. The van der Waals surface area contributed by atoms with Gasteiger partial charge in [0.25, 0.3) is 0 Å². The number of unbranched alkanes of at least 4 members (excludes halogenated alkanes) is 1. The van der Waals surface area contributed by atoms with Crippen LogP contribution in [0.2, 0.25) is 0 Å². The third-order valence-corrected chi connectivity index (χ3v) is 10.7. The highest BCUT2D eigenvalue weighted by atomic mass is 35.5. The van der Waals surface area contributed by atoms with Crippen LogP contribution in [0.15, 0.2) is 48.5 Å². The van der Waals surface area contributed by atoms with Crippen LogP contribution in [0.4, 0.5) is 4.79 Å². The second-order valence-electron chi connectivity index (χ2n) is 11.5. The van der Waals surface area contributed by atoms with Crippen LogP contribution in [0.5, 0.6) is 11.5 Å². The molecule has 4 saturated heterocycles. The lowest BCUT2D eigenvalue weighted by Crippen LogP contribution is -2.67. The van der Waals surface area contributed by atoms with E-state index in [0.29, 0.717) is 18.4 Å². The molecular weight excluding hydrogens is 562 g/mol. The Morgan fingerprint density at radius 2 is 1.85 bits per heavy atom. The molecule has 41 heavy (non-hydrogen) atoms. The number of likely N-dealkylation sites (tertiary alicyclic amines) is 1. The van der Waals surface area contributed by atoms with Crippen molar-refractivity contribution in [2.45, 2.75) is 47.5 Å². The summed E-state index contributed by atoms with van der Waals surface area (Å²) in [6, 6.07) is 16.1. The van der Waals surface area contributed by atoms with Crippen LogP contribution in [0, 0.1) is 5.92 Å². The second-order valence-corrected chi connectivity index (χ2v) is 12.8. The zero-order chi connectivity index (χ0) is 27.2. The minimum atomic E-state index is -0.265. The van der Waals surface area contributed by atoms with Crippen molar-refractivity contribution in [3.05, 3.63) is 59.7 Å². The summed E-state index contributed by atoms with van der Waals surface area (Å²) < 4.78 is 11.7. The molecule has 0 aromatic heterocycles. The highest BCUT2D eigenvalue weighted by Crippen LogP contribution is 2.46. The van der Waals surface area contributed by atoms with E-state index in [-0.39, 0.29) is 53.1 Å². The highest BCUT2D eigenvalue weighted by molar-refractivity contribution is 8.01. The summed E-state index contributed by atoms with van der Waals surface area (Å²) in [5, 5.41) is 10.3. The number of benzene rings is 2.